The molecule has 0 aromatic heterocycles. The molecule has 0 amide bonds. The van der Waals surface area contributed by atoms with E-state index in [1.54, 1.807) is 37.4 Å². The molecule has 0 bridgehead atoms. The van der Waals surface area contributed by atoms with Gasteiger partial charge in [0.25, 0.3) is 10.1 Å². The minimum Gasteiger partial charge on any atom is -0.505 e. The fourth-order valence-electron chi connectivity index (χ4n) is 6.13. The molecule has 0 spiro atoms. The fourth-order valence-corrected chi connectivity index (χ4v) is 6.75. The predicted molar refractivity (Wildman–Crippen MR) is 253 cm³/mol. The summed E-state index contributed by atoms with van der Waals surface area (Å²) in [6.45, 7) is 7.57. The van der Waals surface area contributed by atoms with Crippen LogP contribution in [0.1, 0.15) is 22.3 Å². The van der Waals surface area contributed by atoms with Crippen molar-refractivity contribution in [3.63, 3.8) is 0 Å². The topological polar surface area (TPSA) is 297 Å². The summed E-state index contributed by atoms with van der Waals surface area (Å²) in [5, 5.41) is 50.8. The number of phenols is 1. The number of rotatable bonds is 12. The van der Waals surface area contributed by atoms with E-state index in [2.05, 4.69) is 46.2 Å². The van der Waals surface area contributed by atoms with Crippen LogP contribution < -0.4 is 10.1 Å². The molecule has 0 atom stereocenters. The monoisotopic (exact) mass is 977 g/mol. The highest BCUT2D eigenvalue weighted by Gasteiger charge is 2.15. The molecule has 0 aliphatic carbocycles. The number of anilines is 2. The minimum absolute atomic E-state index is 0.0267. The molecular weight excluding hydrogens is 939 g/mol. The van der Waals surface area contributed by atoms with Crippen molar-refractivity contribution >= 4 is 99.0 Å². The third-order valence-electron chi connectivity index (χ3n) is 9.44. The zero-order chi connectivity index (χ0) is 49.5. The number of methoxy groups -OCH3 is 1. The summed E-state index contributed by atoms with van der Waals surface area (Å²) in [7, 11) is -9.03. The van der Waals surface area contributed by atoms with E-state index in [1.807, 2.05) is 107 Å². The average molecular weight is 978 g/mol. The van der Waals surface area contributed by atoms with E-state index in [4.69, 9.17) is 30.0 Å². The number of ether oxygens (including phenoxy) is 1. The summed E-state index contributed by atoms with van der Waals surface area (Å²) in [5.41, 5.74) is 9.18. The lowest BCUT2D eigenvalue weighted by atomic mass is 10.1. The Labute approximate surface area is 392 Å². The first-order chi connectivity index (χ1) is 32.3. The molecule has 3 N–H and O–H groups in total. The summed E-state index contributed by atoms with van der Waals surface area (Å²) in [6, 6.07) is 37.3. The molecule has 0 saturated carbocycles. The van der Waals surface area contributed by atoms with E-state index >= 15 is 0 Å². The number of benzene rings is 7. The van der Waals surface area contributed by atoms with Gasteiger partial charge in [-0.1, -0.05) is 18.2 Å². The largest absolute Gasteiger partial charge is 0.505 e. The van der Waals surface area contributed by atoms with Crippen molar-refractivity contribution in [3.8, 4) is 11.5 Å². The molecular formula is C45H39N9O11S3. The quantitative estimate of drug-likeness (QED) is 0.0760. The molecule has 0 saturated heterocycles. The summed E-state index contributed by atoms with van der Waals surface area (Å²) in [6.07, 6.45) is 0. The third kappa shape index (κ3) is 14.6. The van der Waals surface area contributed by atoms with Gasteiger partial charge in [0, 0.05) is 16.8 Å². The van der Waals surface area contributed by atoms with Crippen LogP contribution >= 0.6 is 0 Å². The van der Waals surface area contributed by atoms with Gasteiger partial charge in [-0.25, -0.2) is 0 Å². The van der Waals surface area contributed by atoms with E-state index in [9.17, 15) is 18.1 Å². The zero-order valence-electron chi connectivity index (χ0n) is 36.5. The van der Waals surface area contributed by atoms with Crippen molar-refractivity contribution in [2.45, 2.75) is 32.6 Å². The molecule has 0 aliphatic heterocycles. The number of phenolic OH excluding ortho intramolecular Hbond substituents is 1. The Hall–Kier alpha value is -8.25. The highest BCUT2D eigenvalue weighted by atomic mass is 32.2. The standard InChI is InChI=1S/C45H39N9O5S.2O3S/c1-27-22-35(14-20-38(27)49-47-34-15-21-39(28(2)23-34)50-51-40-8-6-7-9-44(40)60(56,57)58)48-53-42-24-30(4)43(25-29(42)3)54-52-41-19-10-31-26-33(13-18-37(31)45(41)55)46-32-11-16-36(59-5)17-12-32;2*1-4(2)3/h6-26,46,55H,1-5H3,(H,56,57,58);;. The van der Waals surface area contributed by atoms with Gasteiger partial charge in [-0.3, -0.25) is 4.55 Å². The van der Waals surface area contributed by atoms with Crippen molar-refractivity contribution < 1.29 is 48.1 Å². The van der Waals surface area contributed by atoms with Gasteiger partial charge in [-0.2, -0.15) is 39.1 Å². The Morgan fingerprint density at radius 1 is 0.485 bits per heavy atom. The second kappa shape index (κ2) is 23.3. The van der Waals surface area contributed by atoms with Gasteiger partial charge in [0.15, 0.2) is 5.75 Å². The first-order valence-corrected chi connectivity index (χ1v) is 23.0. The van der Waals surface area contributed by atoms with Gasteiger partial charge in [0.2, 0.25) is 0 Å². The van der Waals surface area contributed by atoms with E-state index < -0.39 is 31.3 Å². The Bertz CT molecular complexity index is 3440. The molecule has 0 fully saturated rings. The van der Waals surface area contributed by atoms with Crippen molar-refractivity contribution in [1.82, 2.24) is 0 Å². The smallest absolute Gasteiger partial charge is 0.425 e. The lowest BCUT2D eigenvalue weighted by Gasteiger charge is -2.10. The van der Waals surface area contributed by atoms with Crippen LogP contribution in [0.5, 0.6) is 11.5 Å². The third-order valence-corrected chi connectivity index (χ3v) is 10.3. The summed E-state index contributed by atoms with van der Waals surface area (Å²) >= 11 is 0. The van der Waals surface area contributed by atoms with Crippen molar-refractivity contribution in [3.05, 3.63) is 150 Å². The molecule has 0 aliphatic rings. The highest BCUT2D eigenvalue weighted by molar-refractivity contribution is 7.86. The summed E-state index contributed by atoms with van der Waals surface area (Å²) in [4.78, 5) is -0.324. The van der Waals surface area contributed by atoms with E-state index in [-0.39, 0.29) is 16.3 Å². The maximum absolute atomic E-state index is 11.7. The molecule has 0 unspecified atom stereocenters. The molecule has 0 radical (unpaired) electrons. The molecule has 68 heavy (non-hydrogen) atoms. The lowest BCUT2D eigenvalue weighted by Crippen LogP contribution is -1.97. The minimum atomic E-state index is -4.44. The Balaban J connectivity index is 0.00000100. The molecule has 0 heterocycles. The van der Waals surface area contributed by atoms with Crippen LogP contribution in [0, 0.1) is 27.7 Å². The molecule has 7 aromatic rings. The lowest BCUT2D eigenvalue weighted by molar-refractivity contribution is 0.415. The Kier molecular flexibility index (Phi) is 17.4. The van der Waals surface area contributed by atoms with Crippen molar-refractivity contribution in [2.75, 3.05) is 12.4 Å². The van der Waals surface area contributed by atoms with Crippen LogP contribution in [-0.4, -0.2) is 50.4 Å². The van der Waals surface area contributed by atoms with Gasteiger partial charge in [0.1, 0.15) is 22.0 Å². The molecule has 20 nitrogen and oxygen atoms in total. The summed E-state index contributed by atoms with van der Waals surface area (Å²) in [5.74, 6) is 0.826. The van der Waals surface area contributed by atoms with Gasteiger partial charge in [0.05, 0.1) is 41.2 Å². The first-order valence-electron chi connectivity index (χ1n) is 19.6. The second-order valence-electron chi connectivity index (χ2n) is 14.2. The number of hydrogen-bond acceptors (Lipinski definition) is 19. The SMILES string of the molecule is COc1ccc(Nc2ccc3c(O)c(N=Nc4cc(C)c(N=Nc5ccc(N=Nc6ccc(N=Nc7ccccc7S(=O)(=O)O)c(C)c6)c(C)c5)cc4C)ccc3c2)cc1.O=S(=O)=O.O=S(=O)=O. The van der Waals surface area contributed by atoms with Crippen LogP contribution in [0.15, 0.2) is 173 Å². The Morgan fingerprint density at radius 3 is 1.46 bits per heavy atom. The number of hydrogen-bond donors (Lipinski definition) is 3. The van der Waals surface area contributed by atoms with Crippen LogP contribution in [0.3, 0.4) is 0 Å². The summed E-state index contributed by atoms with van der Waals surface area (Å²) < 4.78 is 88.7. The maximum Gasteiger partial charge on any atom is 0.425 e. The second-order valence-corrected chi connectivity index (χ2v) is 16.4. The molecule has 23 heteroatoms. The van der Waals surface area contributed by atoms with Crippen LogP contribution in [-0.2, 0) is 31.3 Å². The molecule has 7 aromatic carbocycles. The van der Waals surface area contributed by atoms with E-state index in [0.717, 1.165) is 44.8 Å². The average Bonchev–Trinajstić information content (AvgIpc) is 3.28. The Morgan fingerprint density at radius 2 is 0.926 bits per heavy atom. The normalized spacial score (nSPS) is 11.4. The number of aryl methyl sites for hydroxylation is 4. The van der Waals surface area contributed by atoms with Crippen LogP contribution in [0.25, 0.3) is 10.8 Å². The maximum atomic E-state index is 11.7. The van der Waals surface area contributed by atoms with Crippen molar-refractivity contribution in [2.24, 2.45) is 40.9 Å². The highest BCUT2D eigenvalue weighted by Crippen LogP contribution is 2.39. The molecule has 348 valence electrons. The van der Waals surface area contributed by atoms with E-state index in [1.165, 1.54) is 18.2 Å². The van der Waals surface area contributed by atoms with Gasteiger partial charge < -0.3 is 15.2 Å². The number of fused-ring (bicyclic) bond motifs is 1. The number of nitrogens with zero attached hydrogens (tertiary/aromatic N) is 8. The van der Waals surface area contributed by atoms with E-state index in [0.29, 0.717) is 45.2 Å². The van der Waals surface area contributed by atoms with Crippen LogP contribution in [0.4, 0.5) is 56.9 Å². The van der Waals surface area contributed by atoms with Crippen molar-refractivity contribution in [1.29, 1.82) is 0 Å². The number of nitrogens with one attached hydrogen (secondary N) is 1. The molecule has 7 rings (SSSR count). The van der Waals surface area contributed by atoms with Crippen LogP contribution in [0.2, 0.25) is 0 Å². The fraction of sp³-hybridized carbons (Fsp3) is 0.111. The number of azo groups is 4. The number of aromatic hydroxyl groups is 1. The van der Waals surface area contributed by atoms with Gasteiger partial charge in [-0.05, 0) is 165 Å². The van der Waals surface area contributed by atoms with Gasteiger partial charge in [-0.15, -0.1) is 35.5 Å². The predicted octanol–water partition coefficient (Wildman–Crippen LogP) is 12.4. The first kappa shape index (κ1) is 50.7. The van der Waals surface area contributed by atoms with Gasteiger partial charge >= 0.3 is 21.2 Å². The zero-order valence-corrected chi connectivity index (χ0v) is 38.9.